The minimum atomic E-state index is -0.694. The first-order valence-electron chi connectivity index (χ1n) is 11.9. The van der Waals surface area contributed by atoms with Crippen LogP contribution >= 0.6 is 23.4 Å². The number of thioether (sulfide) groups is 1. The number of anilines is 1. The fourth-order valence-corrected chi connectivity index (χ4v) is 5.41. The van der Waals surface area contributed by atoms with Gasteiger partial charge in [0, 0.05) is 23.2 Å². The normalized spacial score (nSPS) is 11.6. The van der Waals surface area contributed by atoms with Crippen LogP contribution in [0.4, 0.5) is 11.4 Å². The highest BCUT2D eigenvalue weighted by atomic mass is 35.5. The topological polar surface area (TPSA) is 94.4 Å². The number of fused-ring (bicyclic) bond motifs is 1. The zero-order valence-corrected chi connectivity index (χ0v) is 22.3. The van der Waals surface area contributed by atoms with Crippen LogP contribution in [0, 0.1) is 10.1 Å². The van der Waals surface area contributed by atoms with E-state index >= 15 is 0 Å². The first-order chi connectivity index (χ1) is 18.9. The average molecular weight is 556 g/mol. The van der Waals surface area contributed by atoms with Gasteiger partial charge in [-0.15, -0.1) is 0 Å². The Kier molecular flexibility index (Phi) is 7.76. The Balaban J connectivity index is 1.56. The number of hydrogen-bond acceptors (Lipinski definition) is 6. The van der Waals surface area contributed by atoms with E-state index in [2.05, 4.69) is 5.32 Å². The van der Waals surface area contributed by atoms with Crippen LogP contribution in [0.15, 0.2) is 108 Å². The third-order valence-corrected chi connectivity index (χ3v) is 7.56. The number of carbonyl (C=O) groups is 1. The summed E-state index contributed by atoms with van der Waals surface area (Å²) >= 11 is 7.25. The van der Waals surface area contributed by atoms with E-state index in [0.29, 0.717) is 10.8 Å². The smallest absolute Gasteiger partial charge is 0.289 e. The lowest BCUT2D eigenvalue weighted by molar-refractivity contribution is -0.384. The number of nitrogens with one attached hydrogen (secondary N) is 1. The van der Waals surface area contributed by atoms with Gasteiger partial charge in [-0.05, 0) is 47.0 Å². The van der Waals surface area contributed by atoms with Gasteiger partial charge in [0.15, 0.2) is 0 Å². The van der Waals surface area contributed by atoms with Crippen molar-refractivity contribution in [2.75, 3.05) is 12.4 Å². The number of rotatable bonds is 8. The lowest BCUT2D eigenvalue weighted by atomic mass is 10.0. The van der Waals surface area contributed by atoms with Crippen molar-refractivity contribution >= 4 is 51.5 Å². The molecule has 1 aromatic heterocycles. The van der Waals surface area contributed by atoms with Crippen LogP contribution in [0.5, 0.6) is 5.75 Å². The van der Waals surface area contributed by atoms with Gasteiger partial charge < -0.3 is 10.1 Å². The molecule has 1 atom stereocenters. The number of nitro benzene ring substituents is 1. The number of ether oxygens (including phenoxy) is 1. The maximum Gasteiger partial charge on any atom is 0.289 e. The van der Waals surface area contributed by atoms with Crippen molar-refractivity contribution in [1.29, 1.82) is 0 Å². The second-order valence-corrected chi connectivity index (χ2v) is 10.1. The molecule has 1 N–H and O–H groups in total. The molecule has 5 rings (SSSR count). The third kappa shape index (κ3) is 5.87. The quantitative estimate of drug-likeness (QED) is 0.119. The van der Waals surface area contributed by atoms with Crippen LogP contribution in [0.1, 0.15) is 10.8 Å². The summed E-state index contributed by atoms with van der Waals surface area (Å²) in [6.45, 7) is 0. The summed E-state index contributed by atoms with van der Waals surface area (Å²) < 4.78 is 5.43. The highest BCUT2D eigenvalue weighted by Crippen LogP contribution is 2.40. The van der Waals surface area contributed by atoms with Crippen LogP contribution in [0.2, 0.25) is 5.02 Å². The Hall–Kier alpha value is -4.40. The van der Waals surface area contributed by atoms with Crippen molar-refractivity contribution in [2.24, 2.45) is 0 Å². The van der Waals surface area contributed by atoms with E-state index in [4.69, 9.17) is 21.3 Å². The Labute approximate surface area is 234 Å². The van der Waals surface area contributed by atoms with Crippen molar-refractivity contribution in [2.45, 2.75) is 10.3 Å². The highest BCUT2D eigenvalue weighted by Gasteiger charge is 2.25. The molecule has 4 aromatic carbocycles. The number of nitro groups is 1. The predicted octanol–water partition coefficient (Wildman–Crippen LogP) is 7.94. The molecule has 0 fully saturated rings. The summed E-state index contributed by atoms with van der Waals surface area (Å²) in [7, 11) is 1.61. The first kappa shape index (κ1) is 26.2. The van der Waals surface area contributed by atoms with Gasteiger partial charge in [-0.25, -0.2) is 4.98 Å². The molecule has 0 bridgehead atoms. The minimum absolute atomic E-state index is 0.00350. The van der Waals surface area contributed by atoms with E-state index in [1.54, 1.807) is 7.11 Å². The minimum Gasteiger partial charge on any atom is -0.497 e. The molecular formula is C30H22ClN3O4S. The standard InChI is InChI=1S/C30H22ClN3O4S/c1-38-22-13-14-23-24(19-8-4-2-5-9-19)18-28(33-26(23)17-22)39-29(20-10-6-3-7-11-20)30(35)32-21-12-15-25(31)27(16-21)34(36)37/h2-18,29H,1H3,(H,32,35)/t29-/m1/s1. The SMILES string of the molecule is COc1ccc2c(-c3ccccc3)cc(S[C@@H](C(=O)Nc3ccc(Cl)c([N+](=O)[O-])c3)c3ccccc3)nc2c1. The number of benzene rings is 4. The van der Waals surface area contributed by atoms with E-state index < -0.39 is 10.2 Å². The van der Waals surface area contributed by atoms with Crippen LogP contribution < -0.4 is 10.1 Å². The molecule has 0 spiro atoms. The van der Waals surface area contributed by atoms with E-state index in [1.165, 1.54) is 30.0 Å². The number of halogens is 1. The van der Waals surface area contributed by atoms with Crippen molar-refractivity contribution in [1.82, 2.24) is 4.98 Å². The van der Waals surface area contributed by atoms with Crippen molar-refractivity contribution in [3.8, 4) is 16.9 Å². The molecule has 1 heterocycles. The van der Waals surface area contributed by atoms with Crippen molar-refractivity contribution in [3.05, 3.63) is 124 Å². The monoisotopic (exact) mass is 555 g/mol. The summed E-state index contributed by atoms with van der Waals surface area (Å²) in [5, 5.41) is 15.1. The molecule has 0 aliphatic rings. The summed E-state index contributed by atoms with van der Waals surface area (Å²) in [4.78, 5) is 29.3. The molecule has 5 aromatic rings. The van der Waals surface area contributed by atoms with Crippen molar-refractivity contribution < 1.29 is 14.5 Å². The number of pyridine rings is 1. The Morgan fingerprint density at radius 1 is 0.974 bits per heavy atom. The second kappa shape index (κ2) is 11.6. The van der Waals surface area contributed by atoms with Gasteiger partial charge in [0.1, 0.15) is 16.0 Å². The fraction of sp³-hybridized carbons (Fsp3) is 0.0667. The lowest BCUT2D eigenvalue weighted by Crippen LogP contribution is -2.19. The molecule has 0 unspecified atom stereocenters. The highest BCUT2D eigenvalue weighted by molar-refractivity contribution is 8.00. The molecule has 0 aliphatic heterocycles. The molecule has 0 aliphatic carbocycles. The predicted molar refractivity (Wildman–Crippen MR) is 156 cm³/mol. The first-order valence-corrected chi connectivity index (χ1v) is 13.2. The van der Waals surface area contributed by atoms with Gasteiger partial charge in [0.25, 0.3) is 5.69 Å². The van der Waals surface area contributed by atoms with Gasteiger partial charge in [-0.1, -0.05) is 84.0 Å². The number of aromatic nitrogens is 1. The van der Waals surface area contributed by atoms with Crippen LogP contribution in [-0.2, 0) is 4.79 Å². The van der Waals surface area contributed by atoms with E-state index in [0.717, 1.165) is 27.6 Å². The molecule has 0 saturated carbocycles. The van der Waals surface area contributed by atoms with Gasteiger partial charge in [-0.3, -0.25) is 14.9 Å². The maximum atomic E-state index is 13.6. The Morgan fingerprint density at radius 2 is 1.69 bits per heavy atom. The number of hydrogen-bond donors (Lipinski definition) is 1. The zero-order chi connectivity index (χ0) is 27.4. The molecule has 194 valence electrons. The summed E-state index contributed by atoms with van der Waals surface area (Å²) in [6.07, 6.45) is 0. The van der Waals surface area contributed by atoms with Crippen LogP contribution in [0.25, 0.3) is 22.0 Å². The Morgan fingerprint density at radius 3 is 2.38 bits per heavy atom. The van der Waals surface area contributed by atoms with Crippen LogP contribution in [0.3, 0.4) is 0 Å². The molecule has 0 radical (unpaired) electrons. The van der Waals surface area contributed by atoms with Crippen molar-refractivity contribution in [3.63, 3.8) is 0 Å². The third-order valence-electron chi connectivity index (χ3n) is 6.07. The zero-order valence-electron chi connectivity index (χ0n) is 20.7. The van der Waals surface area contributed by atoms with Gasteiger partial charge in [0.2, 0.25) is 5.91 Å². The summed E-state index contributed by atoms with van der Waals surface area (Å²) in [5.41, 5.74) is 3.49. The second-order valence-electron chi connectivity index (χ2n) is 8.58. The number of methoxy groups -OCH3 is 1. The fourth-order valence-electron chi connectivity index (χ4n) is 4.19. The summed E-state index contributed by atoms with van der Waals surface area (Å²) in [5.74, 6) is 0.328. The largest absolute Gasteiger partial charge is 0.497 e. The number of carbonyl (C=O) groups excluding carboxylic acids is 1. The van der Waals surface area contributed by atoms with Gasteiger partial charge >= 0.3 is 0 Å². The van der Waals surface area contributed by atoms with Gasteiger partial charge in [0.05, 0.1) is 22.6 Å². The molecule has 9 heteroatoms. The Bertz CT molecular complexity index is 1670. The van der Waals surface area contributed by atoms with E-state index in [1.807, 2.05) is 84.9 Å². The van der Waals surface area contributed by atoms with Crippen LogP contribution in [-0.4, -0.2) is 22.9 Å². The number of nitrogens with zero attached hydrogens (tertiary/aromatic N) is 2. The molecule has 39 heavy (non-hydrogen) atoms. The molecule has 0 saturated heterocycles. The van der Waals surface area contributed by atoms with Gasteiger partial charge in [-0.2, -0.15) is 0 Å². The number of amides is 1. The lowest BCUT2D eigenvalue weighted by Gasteiger charge is -2.18. The molecule has 1 amide bonds. The molecule has 7 nitrogen and oxygen atoms in total. The summed E-state index contributed by atoms with van der Waals surface area (Å²) in [6, 6.07) is 31.2. The maximum absolute atomic E-state index is 13.6. The average Bonchev–Trinajstić information content (AvgIpc) is 2.96. The van der Waals surface area contributed by atoms with E-state index in [-0.39, 0.29) is 22.3 Å². The molecular weight excluding hydrogens is 534 g/mol. The van der Waals surface area contributed by atoms with E-state index in [9.17, 15) is 14.9 Å².